The van der Waals surface area contributed by atoms with E-state index in [2.05, 4.69) is 10.2 Å². The van der Waals surface area contributed by atoms with Gasteiger partial charge in [-0.25, -0.2) is 4.79 Å². The number of carbonyl (C=O) groups is 1. The number of rotatable bonds is 4. The van der Waals surface area contributed by atoms with Gasteiger partial charge in [-0.15, -0.1) is 5.10 Å². The van der Waals surface area contributed by atoms with Crippen molar-refractivity contribution in [2.24, 2.45) is 0 Å². The van der Waals surface area contributed by atoms with Crippen molar-refractivity contribution in [3.05, 3.63) is 17.8 Å². The fourth-order valence-corrected chi connectivity index (χ4v) is 2.31. The van der Waals surface area contributed by atoms with Gasteiger partial charge in [-0.2, -0.15) is 5.10 Å². The number of carbonyl (C=O) groups excluding carboxylic acids is 1. The molecule has 0 radical (unpaired) electrons. The number of aryl methyl sites for hydroxylation is 1. The maximum atomic E-state index is 12.2. The van der Waals surface area contributed by atoms with Gasteiger partial charge in [0.2, 0.25) is 5.88 Å². The van der Waals surface area contributed by atoms with Crippen LogP contribution in [0.5, 0.6) is 5.88 Å². The Balaban J connectivity index is 1.89. The van der Waals surface area contributed by atoms with Gasteiger partial charge in [0.05, 0.1) is 12.2 Å². The standard InChI is InChI=1S/C14H22N4O2/c1-4-17(5-2)14(19)18-9-8-12(10-18)20-13-7-6-11(3)15-16-13/h6-7,12H,4-5,8-10H2,1-3H3. The number of ether oxygens (including phenoxy) is 1. The molecule has 1 aliphatic heterocycles. The molecule has 2 rings (SSSR count). The van der Waals surface area contributed by atoms with Gasteiger partial charge >= 0.3 is 6.03 Å². The van der Waals surface area contributed by atoms with Gasteiger partial charge in [0.1, 0.15) is 6.10 Å². The summed E-state index contributed by atoms with van der Waals surface area (Å²) in [5.41, 5.74) is 0.863. The van der Waals surface area contributed by atoms with E-state index in [1.54, 1.807) is 0 Å². The number of likely N-dealkylation sites (tertiary alicyclic amines) is 1. The van der Waals surface area contributed by atoms with Crippen LogP contribution in [0.25, 0.3) is 0 Å². The molecule has 0 aliphatic carbocycles. The third-order valence-corrected chi connectivity index (χ3v) is 3.51. The van der Waals surface area contributed by atoms with Gasteiger partial charge in [0, 0.05) is 32.1 Å². The van der Waals surface area contributed by atoms with Crippen LogP contribution in [0.1, 0.15) is 26.0 Å². The summed E-state index contributed by atoms with van der Waals surface area (Å²) >= 11 is 0. The highest BCUT2D eigenvalue weighted by Crippen LogP contribution is 2.17. The fraction of sp³-hybridized carbons (Fsp3) is 0.643. The summed E-state index contributed by atoms with van der Waals surface area (Å²) in [5, 5.41) is 7.96. The van der Waals surface area contributed by atoms with Crippen LogP contribution in [0.15, 0.2) is 12.1 Å². The molecule has 1 aliphatic rings. The minimum atomic E-state index is 0.00604. The molecule has 0 spiro atoms. The van der Waals surface area contributed by atoms with Gasteiger partial charge < -0.3 is 14.5 Å². The molecule has 0 bridgehead atoms. The second kappa shape index (κ2) is 6.54. The number of nitrogens with zero attached hydrogens (tertiary/aromatic N) is 4. The molecule has 0 saturated carbocycles. The third kappa shape index (κ3) is 3.37. The first-order chi connectivity index (χ1) is 9.63. The second-order valence-electron chi connectivity index (χ2n) is 4.94. The molecule has 1 fully saturated rings. The van der Waals surface area contributed by atoms with E-state index in [1.165, 1.54) is 0 Å². The Morgan fingerprint density at radius 1 is 1.40 bits per heavy atom. The molecule has 2 amide bonds. The van der Waals surface area contributed by atoms with Crippen LogP contribution < -0.4 is 4.74 Å². The summed E-state index contributed by atoms with van der Waals surface area (Å²) in [6.45, 7) is 8.70. The Bertz CT molecular complexity index is 445. The van der Waals surface area contributed by atoms with Crippen LogP contribution in [0.4, 0.5) is 4.79 Å². The maximum Gasteiger partial charge on any atom is 0.320 e. The van der Waals surface area contributed by atoms with Crippen LogP contribution in [0, 0.1) is 6.92 Å². The summed E-state index contributed by atoms with van der Waals surface area (Å²) < 4.78 is 5.77. The number of hydrogen-bond acceptors (Lipinski definition) is 4. The second-order valence-corrected chi connectivity index (χ2v) is 4.94. The number of hydrogen-bond donors (Lipinski definition) is 0. The van der Waals surface area contributed by atoms with E-state index < -0.39 is 0 Å². The summed E-state index contributed by atoms with van der Waals surface area (Å²) in [4.78, 5) is 15.9. The molecule has 6 nitrogen and oxygen atoms in total. The highest BCUT2D eigenvalue weighted by molar-refractivity contribution is 5.74. The first-order valence-electron chi connectivity index (χ1n) is 7.14. The largest absolute Gasteiger partial charge is 0.471 e. The van der Waals surface area contributed by atoms with Crippen LogP contribution in [0.3, 0.4) is 0 Å². The maximum absolute atomic E-state index is 12.2. The Morgan fingerprint density at radius 2 is 2.15 bits per heavy atom. The Morgan fingerprint density at radius 3 is 2.75 bits per heavy atom. The number of urea groups is 1. The van der Waals surface area contributed by atoms with Crippen molar-refractivity contribution in [1.29, 1.82) is 0 Å². The zero-order valence-corrected chi connectivity index (χ0v) is 12.4. The quantitative estimate of drug-likeness (QED) is 0.841. The Kier molecular flexibility index (Phi) is 4.76. The average molecular weight is 278 g/mol. The van der Waals surface area contributed by atoms with E-state index in [0.717, 1.165) is 31.7 Å². The first-order valence-corrected chi connectivity index (χ1v) is 7.14. The van der Waals surface area contributed by atoms with E-state index in [1.807, 2.05) is 42.7 Å². The van der Waals surface area contributed by atoms with E-state index in [-0.39, 0.29) is 12.1 Å². The summed E-state index contributed by atoms with van der Waals surface area (Å²) in [7, 11) is 0. The number of amides is 2. The minimum absolute atomic E-state index is 0.00604. The van der Waals surface area contributed by atoms with Crippen LogP contribution >= 0.6 is 0 Å². The highest BCUT2D eigenvalue weighted by Gasteiger charge is 2.29. The lowest BCUT2D eigenvalue weighted by atomic mass is 10.3. The summed E-state index contributed by atoms with van der Waals surface area (Å²) in [6.07, 6.45) is 0.842. The molecule has 1 saturated heterocycles. The Hall–Kier alpha value is -1.85. The first kappa shape index (κ1) is 14.6. The molecule has 0 N–H and O–H groups in total. The zero-order valence-electron chi connectivity index (χ0n) is 12.4. The highest BCUT2D eigenvalue weighted by atomic mass is 16.5. The molecule has 0 aromatic carbocycles. The van der Waals surface area contributed by atoms with Gasteiger partial charge in [-0.1, -0.05) is 0 Å². The van der Waals surface area contributed by atoms with Crippen molar-refractivity contribution < 1.29 is 9.53 Å². The van der Waals surface area contributed by atoms with Crippen molar-refractivity contribution in [2.45, 2.75) is 33.3 Å². The topological polar surface area (TPSA) is 58.6 Å². The van der Waals surface area contributed by atoms with Crippen LogP contribution in [-0.4, -0.2) is 58.3 Å². The number of aromatic nitrogens is 2. The molecular formula is C14H22N4O2. The smallest absolute Gasteiger partial charge is 0.320 e. The van der Waals surface area contributed by atoms with Gasteiger partial charge in [0.15, 0.2) is 0 Å². The molecule has 1 atom stereocenters. The molecule has 20 heavy (non-hydrogen) atoms. The Labute approximate surface area is 119 Å². The van der Waals surface area contributed by atoms with Crippen LogP contribution in [0.2, 0.25) is 0 Å². The lowest BCUT2D eigenvalue weighted by Crippen LogP contribution is -2.42. The average Bonchev–Trinajstić information content (AvgIpc) is 2.91. The van der Waals surface area contributed by atoms with Gasteiger partial charge in [0.25, 0.3) is 0 Å². The van der Waals surface area contributed by atoms with E-state index in [4.69, 9.17) is 4.74 Å². The van der Waals surface area contributed by atoms with E-state index in [9.17, 15) is 4.79 Å². The van der Waals surface area contributed by atoms with Crippen molar-refractivity contribution in [1.82, 2.24) is 20.0 Å². The van der Waals surface area contributed by atoms with E-state index in [0.29, 0.717) is 12.4 Å². The zero-order chi connectivity index (χ0) is 14.5. The van der Waals surface area contributed by atoms with Crippen molar-refractivity contribution in [2.75, 3.05) is 26.2 Å². The summed E-state index contributed by atoms with van der Waals surface area (Å²) in [5.74, 6) is 0.526. The van der Waals surface area contributed by atoms with Crippen molar-refractivity contribution >= 4 is 6.03 Å². The van der Waals surface area contributed by atoms with Gasteiger partial charge in [-0.05, 0) is 26.8 Å². The lowest BCUT2D eigenvalue weighted by molar-refractivity contribution is 0.154. The molecule has 1 aromatic heterocycles. The monoisotopic (exact) mass is 278 g/mol. The SMILES string of the molecule is CCN(CC)C(=O)N1CCC(Oc2ccc(C)nn2)C1. The molecule has 6 heteroatoms. The van der Waals surface area contributed by atoms with E-state index >= 15 is 0 Å². The third-order valence-electron chi connectivity index (χ3n) is 3.51. The minimum Gasteiger partial charge on any atom is -0.471 e. The predicted octanol–water partition coefficient (Wildman–Crippen LogP) is 1.70. The molecule has 1 aromatic rings. The fourth-order valence-electron chi connectivity index (χ4n) is 2.31. The van der Waals surface area contributed by atoms with Gasteiger partial charge in [-0.3, -0.25) is 0 Å². The molecular weight excluding hydrogens is 256 g/mol. The lowest BCUT2D eigenvalue weighted by Gasteiger charge is -2.25. The van der Waals surface area contributed by atoms with Crippen LogP contribution in [-0.2, 0) is 0 Å². The molecule has 2 heterocycles. The van der Waals surface area contributed by atoms with Crippen molar-refractivity contribution in [3.63, 3.8) is 0 Å². The molecule has 1 unspecified atom stereocenters. The predicted molar refractivity (Wildman–Crippen MR) is 75.7 cm³/mol. The molecule has 110 valence electrons. The summed E-state index contributed by atoms with van der Waals surface area (Å²) in [6, 6.07) is 3.78. The normalized spacial score (nSPS) is 18.1. The van der Waals surface area contributed by atoms with Crippen molar-refractivity contribution in [3.8, 4) is 5.88 Å².